The number of nitrogens with zero attached hydrogens (tertiary/aromatic N) is 2. The molecule has 4 N–H and O–H groups in total. The highest BCUT2D eigenvalue weighted by Gasteiger charge is 2.38. The van der Waals surface area contributed by atoms with Gasteiger partial charge in [0.1, 0.15) is 5.54 Å². The Kier molecular flexibility index (Phi) is 1.97. The van der Waals surface area contributed by atoms with Gasteiger partial charge in [-0.25, -0.2) is 0 Å². The third kappa shape index (κ3) is 1.36. The number of aromatic nitrogens is 2. The molecule has 1 unspecified atom stereocenters. The first-order chi connectivity index (χ1) is 6.62. The van der Waals surface area contributed by atoms with Crippen LogP contribution in [0.1, 0.15) is 22.9 Å². The summed E-state index contributed by atoms with van der Waals surface area (Å²) >= 11 is 0. The highest BCUT2D eigenvalue weighted by molar-refractivity contribution is 5.88. The Morgan fingerprint density at radius 1 is 1.57 bits per heavy atom. The molecule has 76 valence electrons. The molecule has 0 spiro atoms. The Balaban J connectivity index is 2.28. The van der Waals surface area contributed by atoms with Gasteiger partial charge in [0, 0.05) is 6.61 Å². The van der Waals surface area contributed by atoms with Crippen LogP contribution in [0.3, 0.4) is 0 Å². The van der Waals surface area contributed by atoms with Crippen LogP contribution in [-0.2, 0) is 10.3 Å². The monoisotopic (exact) mass is 198 g/mol. The average Bonchev–Trinajstić information content (AvgIpc) is 2.71. The Labute approximate surface area is 79.4 Å². The molecule has 1 aliphatic rings. The third-order valence-electron chi connectivity index (χ3n) is 2.12. The number of primary amides is 1. The molecule has 14 heavy (non-hydrogen) atoms. The van der Waals surface area contributed by atoms with Crippen LogP contribution in [0.15, 0.2) is 4.52 Å². The molecular weight excluding hydrogens is 188 g/mol. The third-order valence-corrected chi connectivity index (χ3v) is 2.12. The topological polar surface area (TPSA) is 117 Å². The molecule has 2 heterocycles. The van der Waals surface area contributed by atoms with E-state index in [1.54, 1.807) is 0 Å². The van der Waals surface area contributed by atoms with Crippen molar-refractivity contribution < 1.29 is 14.1 Å². The zero-order chi connectivity index (χ0) is 10.2. The Hall–Kier alpha value is -1.47. The fourth-order valence-electron chi connectivity index (χ4n) is 1.28. The van der Waals surface area contributed by atoms with E-state index in [0.717, 1.165) is 0 Å². The molecule has 1 atom stereocenters. The minimum atomic E-state index is -0.777. The summed E-state index contributed by atoms with van der Waals surface area (Å²) in [6.45, 7) is 0.859. The quantitative estimate of drug-likeness (QED) is 0.612. The Morgan fingerprint density at radius 3 is 2.86 bits per heavy atom. The van der Waals surface area contributed by atoms with Crippen molar-refractivity contribution in [1.29, 1.82) is 0 Å². The maximum atomic E-state index is 10.7. The van der Waals surface area contributed by atoms with E-state index in [0.29, 0.717) is 19.6 Å². The van der Waals surface area contributed by atoms with E-state index in [9.17, 15) is 4.79 Å². The van der Waals surface area contributed by atoms with Crippen LogP contribution in [0.4, 0.5) is 0 Å². The first-order valence-corrected chi connectivity index (χ1v) is 4.12. The maximum absolute atomic E-state index is 10.7. The summed E-state index contributed by atoms with van der Waals surface area (Å²) in [4.78, 5) is 14.5. The van der Waals surface area contributed by atoms with Gasteiger partial charge in [0.05, 0.1) is 6.61 Å². The molecule has 0 radical (unpaired) electrons. The van der Waals surface area contributed by atoms with Crippen molar-refractivity contribution in [3.63, 3.8) is 0 Å². The predicted octanol–water partition coefficient (Wildman–Crippen LogP) is -1.26. The number of amides is 1. The average molecular weight is 198 g/mol. The van der Waals surface area contributed by atoms with Crippen LogP contribution in [0.25, 0.3) is 0 Å². The number of ether oxygens (including phenoxy) is 1. The van der Waals surface area contributed by atoms with E-state index in [-0.39, 0.29) is 11.7 Å². The van der Waals surface area contributed by atoms with Crippen molar-refractivity contribution in [3.8, 4) is 0 Å². The van der Waals surface area contributed by atoms with Crippen molar-refractivity contribution >= 4 is 5.91 Å². The SMILES string of the molecule is NC(=O)c1noc(C2(N)CCOC2)n1. The Bertz CT molecular complexity index is 356. The van der Waals surface area contributed by atoms with Crippen molar-refractivity contribution in [2.24, 2.45) is 11.5 Å². The number of nitrogens with two attached hydrogens (primary N) is 2. The van der Waals surface area contributed by atoms with Crippen molar-refractivity contribution in [2.75, 3.05) is 13.2 Å². The maximum Gasteiger partial charge on any atom is 0.290 e. The summed E-state index contributed by atoms with van der Waals surface area (Å²) in [6.07, 6.45) is 0.591. The molecule has 0 bridgehead atoms. The highest BCUT2D eigenvalue weighted by Crippen LogP contribution is 2.25. The lowest BCUT2D eigenvalue weighted by molar-refractivity contribution is 0.0987. The number of hydrogen-bond acceptors (Lipinski definition) is 6. The molecular formula is C7H10N4O3. The van der Waals surface area contributed by atoms with E-state index in [2.05, 4.69) is 10.1 Å². The molecule has 2 rings (SSSR count). The van der Waals surface area contributed by atoms with Crippen LogP contribution in [0.5, 0.6) is 0 Å². The first-order valence-electron chi connectivity index (χ1n) is 4.12. The zero-order valence-corrected chi connectivity index (χ0v) is 7.40. The van der Waals surface area contributed by atoms with Gasteiger partial charge in [-0.1, -0.05) is 5.16 Å². The predicted molar refractivity (Wildman–Crippen MR) is 44.1 cm³/mol. The molecule has 1 aliphatic heterocycles. The molecule has 1 aromatic heterocycles. The van der Waals surface area contributed by atoms with Gasteiger partial charge < -0.3 is 20.7 Å². The number of rotatable bonds is 2. The van der Waals surface area contributed by atoms with Gasteiger partial charge in [0.25, 0.3) is 11.7 Å². The fraction of sp³-hybridized carbons (Fsp3) is 0.571. The van der Waals surface area contributed by atoms with Crippen LogP contribution >= 0.6 is 0 Å². The van der Waals surface area contributed by atoms with Crippen LogP contribution in [-0.4, -0.2) is 29.3 Å². The lowest BCUT2D eigenvalue weighted by atomic mass is 10.0. The lowest BCUT2D eigenvalue weighted by Crippen LogP contribution is -2.37. The normalized spacial score (nSPS) is 26.6. The van der Waals surface area contributed by atoms with Crippen LogP contribution < -0.4 is 11.5 Å². The molecule has 1 fully saturated rings. The van der Waals surface area contributed by atoms with Crippen molar-refractivity contribution in [2.45, 2.75) is 12.0 Å². The fourth-order valence-corrected chi connectivity index (χ4v) is 1.28. The molecule has 0 saturated carbocycles. The van der Waals surface area contributed by atoms with Crippen LogP contribution in [0, 0.1) is 0 Å². The minimum Gasteiger partial charge on any atom is -0.379 e. The first kappa shape index (κ1) is 9.10. The largest absolute Gasteiger partial charge is 0.379 e. The van der Waals surface area contributed by atoms with Crippen molar-refractivity contribution in [3.05, 3.63) is 11.7 Å². The second-order valence-electron chi connectivity index (χ2n) is 3.25. The van der Waals surface area contributed by atoms with Gasteiger partial charge >= 0.3 is 0 Å². The van der Waals surface area contributed by atoms with Crippen LogP contribution in [0.2, 0.25) is 0 Å². The number of carbonyl (C=O) groups excluding carboxylic acids is 1. The standard InChI is InChI=1S/C7H10N4O3/c8-4(12)5-10-6(14-11-5)7(9)1-2-13-3-7/h1-3,9H2,(H2,8,12). The van der Waals surface area contributed by atoms with Gasteiger partial charge in [0.2, 0.25) is 5.89 Å². The van der Waals surface area contributed by atoms with E-state index < -0.39 is 11.4 Å². The summed E-state index contributed by atoms with van der Waals surface area (Å²) in [5, 5.41) is 3.41. The molecule has 7 heteroatoms. The summed E-state index contributed by atoms with van der Waals surface area (Å²) in [6, 6.07) is 0. The molecule has 1 aromatic rings. The molecule has 1 saturated heterocycles. The van der Waals surface area contributed by atoms with E-state index in [4.69, 9.17) is 20.7 Å². The van der Waals surface area contributed by atoms with E-state index >= 15 is 0 Å². The molecule has 0 aromatic carbocycles. The molecule has 1 amide bonds. The number of hydrogen-bond donors (Lipinski definition) is 2. The van der Waals surface area contributed by atoms with Gasteiger partial charge in [0.15, 0.2) is 0 Å². The Morgan fingerprint density at radius 2 is 2.36 bits per heavy atom. The summed E-state index contributed by atoms with van der Waals surface area (Å²) < 4.78 is 9.96. The number of carbonyl (C=O) groups is 1. The van der Waals surface area contributed by atoms with Gasteiger partial charge in [-0.3, -0.25) is 4.79 Å². The van der Waals surface area contributed by atoms with Gasteiger partial charge in [-0.05, 0) is 6.42 Å². The second kappa shape index (κ2) is 3.03. The van der Waals surface area contributed by atoms with Gasteiger partial charge in [-0.15, -0.1) is 0 Å². The van der Waals surface area contributed by atoms with E-state index in [1.165, 1.54) is 0 Å². The zero-order valence-electron chi connectivity index (χ0n) is 7.40. The summed E-state index contributed by atoms with van der Waals surface area (Å²) in [7, 11) is 0. The van der Waals surface area contributed by atoms with E-state index in [1.807, 2.05) is 0 Å². The highest BCUT2D eigenvalue weighted by atomic mass is 16.5. The molecule has 7 nitrogen and oxygen atoms in total. The second-order valence-corrected chi connectivity index (χ2v) is 3.25. The smallest absolute Gasteiger partial charge is 0.290 e. The van der Waals surface area contributed by atoms with Crippen molar-refractivity contribution in [1.82, 2.24) is 10.1 Å². The lowest BCUT2D eigenvalue weighted by Gasteiger charge is -2.14. The molecule has 0 aliphatic carbocycles. The summed E-state index contributed by atoms with van der Waals surface area (Å²) in [5.41, 5.74) is 10.1. The summed E-state index contributed by atoms with van der Waals surface area (Å²) in [5.74, 6) is -0.692. The van der Waals surface area contributed by atoms with Gasteiger partial charge in [-0.2, -0.15) is 4.98 Å². The minimum absolute atomic E-state index is 0.156.